The minimum atomic E-state index is -1.16. The van der Waals surface area contributed by atoms with Crippen LogP contribution in [0.15, 0.2) is 64.7 Å². The SMILES string of the molecule is O=C(NC(CCOc1ccc(/C=N/NC2=NCCN2)cc1)C(=O)O)OCc1ccccc1. The quantitative estimate of drug-likeness (QED) is 0.327. The summed E-state index contributed by atoms with van der Waals surface area (Å²) in [7, 11) is 0. The smallest absolute Gasteiger partial charge is 0.408 e. The van der Waals surface area contributed by atoms with Gasteiger partial charge in [-0.25, -0.2) is 20.0 Å². The molecule has 1 atom stereocenters. The van der Waals surface area contributed by atoms with E-state index < -0.39 is 18.1 Å². The van der Waals surface area contributed by atoms with Gasteiger partial charge in [0.1, 0.15) is 18.4 Å². The van der Waals surface area contributed by atoms with E-state index in [-0.39, 0.29) is 19.6 Å². The second-order valence-corrected chi connectivity index (χ2v) is 6.83. The highest BCUT2D eigenvalue weighted by molar-refractivity contribution is 5.84. The molecule has 0 saturated heterocycles. The van der Waals surface area contributed by atoms with Gasteiger partial charge in [0.25, 0.3) is 0 Å². The molecule has 168 valence electrons. The maximum absolute atomic E-state index is 11.9. The van der Waals surface area contributed by atoms with Crippen molar-refractivity contribution in [2.24, 2.45) is 10.1 Å². The third-order valence-electron chi connectivity index (χ3n) is 4.42. The Kier molecular flexibility index (Phi) is 8.43. The van der Waals surface area contributed by atoms with Crippen molar-refractivity contribution >= 4 is 24.2 Å². The van der Waals surface area contributed by atoms with E-state index in [4.69, 9.17) is 9.47 Å². The molecule has 3 rings (SSSR count). The lowest BCUT2D eigenvalue weighted by molar-refractivity contribution is -0.139. The van der Waals surface area contributed by atoms with Gasteiger partial charge in [0.05, 0.1) is 19.4 Å². The number of hydrogen-bond donors (Lipinski definition) is 4. The molecule has 2 aromatic carbocycles. The molecule has 10 nitrogen and oxygen atoms in total. The Hall–Kier alpha value is -4.08. The highest BCUT2D eigenvalue weighted by Crippen LogP contribution is 2.12. The summed E-state index contributed by atoms with van der Waals surface area (Å²) in [4.78, 5) is 27.5. The van der Waals surface area contributed by atoms with Crippen LogP contribution in [0.4, 0.5) is 4.79 Å². The number of nitrogens with zero attached hydrogens (tertiary/aromatic N) is 2. The Morgan fingerprint density at radius 1 is 1.19 bits per heavy atom. The highest BCUT2D eigenvalue weighted by atomic mass is 16.5. The van der Waals surface area contributed by atoms with E-state index in [1.54, 1.807) is 18.3 Å². The molecule has 1 heterocycles. The van der Waals surface area contributed by atoms with E-state index in [0.717, 1.165) is 24.2 Å². The summed E-state index contributed by atoms with van der Waals surface area (Å²) >= 11 is 0. The molecule has 32 heavy (non-hydrogen) atoms. The van der Waals surface area contributed by atoms with Crippen LogP contribution in [-0.4, -0.2) is 55.1 Å². The van der Waals surface area contributed by atoms with Crippen molar-refractivity contribution in [3.8, 4) is 5.75 Å². The van der Waals surface area contributed by atoms with Gasteiger partial charge in [0, 0.05) is 13.0 Å². The first-order chi connectivity index (χ1) is 15.6. The van der Waals surface area contributed by atoms with Crippen molar-refractivity contribution < 1.29 is 24.2 Å². The van der Waals surface area contributed by atoms with Crippen molar-refractivity contribution in [1.82, 2.24) is 16.1 Å². The Morgan fingerprint density at radius 2 is 1.97 bits per heavy atom. The molecule has 4 N–H and O–H groups in total. The Morgan fingerprint density at radius 3 is 2.66 bits per heavy atom. The van der Waals surface area contributed by atoms with Gasteiger partial charge in [0.2, 0.25) is 5.96 Å². The van der Waals surface area contributed by atoms with Crippen molar-refractivity contribution in [2.45, 2.75) is 19.1 Å². The monoisotopic (exact) mass is 439 g/mol. The molecule has 2 aromatic rings. The zero-order valence-corrected chi connectivity index (χ0v) is 17.4. The van der Waals surface area contributed by atoms with E-state index in [1.165, 1.54) is 0 Å². The van der Waals surface area contributed by atoms with Gasteiger partial charge in [-0.1, -0.05) is 30.3 Å². The lowest BCUT2D eigenvalue weighted by atomic mass is 10.2. The molecule has 0 spiro atoms. The lowest BCUT2D eigenvalue weighted by Crippen LogP contribution is -2.42. The van der Waals surface area contributed by atoms with Crippen molar-refractivity contribution in [3.63, 3.8) is 0 Å². The summed E-state index contributed by atoms with van der Waals surface area (Å²) in [6.45, 7) is 1.70. The number of carboxylic acid groups (broad SMARTS) is 1. The van der Waals surface area contributed by atoms with Gasteiger partial charge in [-0.3, -0.25) is 0 Å². The summed E-state index contributed by atoms with van der Waals surface area (Å²) in [6, 6.07) is 15.2. The third kappa shape index (κ3) is 7.63. The number of benzene rings is 2. The molecule has 0 fully saturated rings. The fraction of sp³-hybridized carbons (Fsp3) is 0.273. The summed E-state index contributed by atoms with van der Waals surface area (Å²) < 4.78 is 10.7. The number of hydrogen-bond acceptors (Lipinski definition) is 8. The van der Waals surface area contributed by atoms with Crippen LogP contribution in [0.3, 0.4) is 0 Å². The summed E-state index contributed by atoms with van der Waals surface area (Å²) in [5.74, 6) is 0.0603. The first-order valence-corrected chi connectivity index (χ1v) is 10.1. The van der Waals surface area contributed by atoms with E-state index in [2.05, 4.69) is 26.2 Å². The van der Waals surface area contributed by atoms with Crippen LogP contribution in [0.25, 0.3) is 0 Å². The van der Waals surface area contributed by atoms with Gasteiger partial charge in [-0.2, -0.15) is 5.10 Å². The van der Waals surface area contributed by atoms with E-state index >= 15 is 0 Å². The number of carboxylic acids is 1. The zero-order chi connectivity index (χ0) is 22.6. The number of hydrazone groups is 1. The molecule has 1 unspecified atom stereocenters. The second-order valence-electron chi connectivity index (χ2n) is 6.83. The molecule has 1 aliphatic rings. The minimum Gasteiger partial charge on any atom is -0.494 e. The number of guanidine groups is 1. The van der Waals surface area contributed by atoms with E-state index in [9.17, 15) is 14.7 Å². The average Bonchev–Trinajstić information content (AvgIpc) is 3.32. The number of aliphatic carboxylic acids is 1. The van der Waals surface area contributed by atoms with Gasteiger partial charge < -0.3 is 25.2 Å². The first kappa shape index (κ1) is 22.6. The Labute approximate surface area is 185 Å². The fourth-order valence-electron chi connectivity index (χ4n) is 2.75. The number of alkyl carbamates (subject to hydrolysis) is 1. The predicted molar refractivity (Wildman–Crippen MR) is 119 cm³/mol. The molecular formula is C22H25N5O5. The molecule has 0 radical (unpaired) electrons. The van der Waals surface area contributed by atoms with Crippen LogP contribution < -0.4 is 20.8 Å². The molecule has 0 bridgehead atoms. The largest absolute Gasteiger partial charge is 0.494 e. The van der Waals surface area contributed by atoms with Gasteiger partial charge in [-0.05, 0) is 35.4 Å². The molecule has 0 saturated carbocycles. The molecule has 10 heteroatoms. The Balaban J connectivity index is 1.39. The van der Waals surface area contributed by atoms with Crippen molar-refractivity contribution in [2.75, 3.05) is 19.7 Å². The van der Waals surface area contributed by atoms with Crippen LogP contribution in [-0.2, 0) is 16.1 Å². The van der Waals surface area contributed by atoms with Crippen LogP contribution in [0.5, 0.6) is 5.75 Å². The first-order valence-electron chi connectivity index (χ1n) is 10.1. The van der Waals surface area contributed by atoms with Crippen LogP contribution in [0.1, 0.15) is 17.5 Å². The minimum absolute atomic E-state index is 0.0608. The summed E-state index contributed by atoms with van der Waals surface area (Å²) in [5, 5.41) is 18.8. The number of rotatable bonds is 10. The zero-order valence-electron chi connectivity index (χ0n) is 17.4. The summed E-state index contributed by atoms with van der Waals surface area (Å²) in [6.07, 6.45) is 0.938. The maximum atomic E-state index is 11.9. The standard InChI is InChI=1S/C22H25N5O5/c28-20(29)19(26-22(30)32-15-17-4-2-1-3-5-17)10-13-31-18-8-6-16(7-9-18)14-25-27-21-23-11-12-24-21/h1-9,14,19H,10-13,15H2,(H,26,30)(H,28,29)(H2,23,24,27)/b25-14+. The second kappa shape index (κ2) is 11.9. The van der Waals surface area contributed by atoms with Gasteiger partial charge in [-0.15, -0.1) is 0 Å². The average molecular weight is 439 g/mol. The third-order valence-corrected chi connectivity index (χ3v) is 4.42. The number of ether oxygens (including phenoxy) is 2. The number of nitrogens with one attached hydrogen (secondary N) is 3. The van der Waals surface area contributed by atoms with E-state index in [0.29, 0.717) is 11.7 Å². The van der Waals surface area contributed by atoms with Crippen LogP contribution in [0, 0.1) is 0 Å². The fourth-order valence-corrected chi connectivity index (χ4v) is 2.75. The van der Waals surface area contributed by atoms with Crippen LogP contribution in [0.2, 0.25) is 0 Å². The maximum Gasteiger partial charge on any atom is 0.408 e. The highest BCUT2D eigenvalue weighted by Gasteiger charge is 2.20. The molecule has 1 aliphatic heterocycles. The lowest BCUT2D eigenvalue weighted by Gasteiger charge is -2.15. The number of carbonyl (C=O) groups is 2. The number of carbonyl (C=O) groups excluding carboxylic acids is 1. The van der Waals surface area contributed by atoms with E-state index in [1.807, 2.05) is 42.5 Å². The number of amides is 1. The number of aliphatic imine (C=N–C) groups is 1. The Bertz CT molecular complexity index is 947. The molecular weight excluding hydrogens is 414 g/mol. The topological polar surface area (TPSA) is 134 Å². The summed E-state index contributed by atoms with van der Waals surface area (Å²) in [5.41, 5.74) is 4.48. The van der Waals surface area contributed by atoms with Crippen molar-refractivity contribution in [1.29, 1.82) is 0 Å². The van der Waals surface area contributed by atoms with Gasteiger partial charge in [0.15, 0.2) is 0 Å². The molecule has 0 aliphatic carbocycles. The van der Waals surface area contributed by atoms with Crippen molar-refractivity contribution in [3.05, 3.63) is 65.7 Å². The van der Waals surface area contributed by atoms with Gasteiger partial charge >= 0.3 is 12.1 Å². The molecule has 1 amide bonds. The normalized spacial score (nSPS) is 13.7. The van der Waals surface area contributed by atoms with Crippen LogP contribution >= 0.6 is 0 Å². The molecule has 0 aromatic heterocycles. The predicted octanol–water partition coefficient (Wildman–Crippen LogP) is 1.72.